The van der Waals surface area contributed by atoms with Gasteiger partial charge >= 0.3 is 6.18 Å². The van der Waals surface area contributed by atoms with Gasteiger partial charge in [0.2, 0.25) is 5.91 Å². The average Bonchev–Trinajstić information content (AvgIpc) is 3.40. The first kappa shape index (κ1) is 28.9. The Hall–Kier alpha value is -4.10. The predicted molar refractivity (Wildman–Crippen MR) is 146 cm³/mol. The molecule has 0 atom stereocenters. The number of thiazole rings is 1. The van der Waals surface area contributed by atoms with E-state index < -0.39 is 38.8 Å². The molecule has 0 bridgehead atoms. The van der Waals surface area contributed by atoms with Gasteiger partial charge in [-0.1, -0.05) is 24.3 Å². The Balaban J connectivity index is 1.40. The predicted octanol–water partition coefficient (Wildman–Crippen LogP) is 5.44. The zero-order valence-electron chi connectivity index (χ0n) is 21.2. The second-order valence-corrected chi connectivity index (χ2v) is 12.3. The topological polar surface area (TPSA) is 118 Å². The van der Waals surface area contributed by atoms with Gasteiger partial charge in [-0.05, 0) is 61.4 Å². The number of pyridine rings is 1. The van der Waals surface area contributed by atoms with Gasteiger partial charge in [0, 0.05) is 22.7 Å². The van der Waals surface area contributed by atoms with Crippen LogP contribution in [0.1, 0.15) is 29.9 Å². The lowest BCUT2D eigenvalue weighted by Gasteiger charge is -2.10. The molecule has 0 saturated heterocycles. The van der Waals surface area contributed by atoms with Crippen LogP contribution < -0.4 is 10.6 Å². The number of rotatable bonds is 8. The third-order valence-electron chi connectivity index (χ3n) is 5.75. The van der Waals surface area contributed by atoms with Crippen LogP contribution in [0.3, 0.4) is 0 Å². The molecule has 208 valence electrons. The van der Waals surface area contributed by atoms with Crippen molar-refractivity contribution in [1.82, 2.24) is 15.3 Å². The molecule has 0 radical (unpaired) electrons. The third-order valence-corrected chi connectivity index (χ3v) is 8.66. The molecular weight excluding hydrogens is 565 g/mol. The molecule has 0 aliphatic rings. The zero-order valence-corrected chi connectivity index (χ0v) is 22.8. The molecule has 0 fully saturated rings. The van der Waals surface area contributed by atoms with Crippen LogP contribution >= 0.6 is 11.3 Å². The highest BCUT2D eigenvalue weighted by Crippen LogP contribution is 2.32. The minimum Gasteiger partial charge on any atom is -0.343 e. The number of amides is 2. The second-order valence-electron chi connectivity index (χ2n) is 8.90. The summed E-state index contributed by atoms with van der Waals surface area (Å²) in [6, 6.07) is 14.8. The van der Waals surface area contributed by atoms with E-state index in [0.29, 0.717) is 22.4 Å². The smallest absolute Gasteiger partial charge is 0.343 e. The molecule has 2 amide bonds. The van der Waals surface area contributed by atoms with Crippen LogP contribution in [0.4, 0.5) is 18.3 Å². The number of anilines is 1. The fourth-order valence-electron chi connectivity index (χ4n) is 3.60. The number of nitrogens with one attached hydrogen (secondary N) is 2. The molecule has 0 saturated carbocycles. The largest absolute Gasteiger partial charge is 0.433 e. The van der Waals surface area contributed by atoms with E-state index in [9.17, 15) is 31.2 Å². The van der Waals surface area contributed by atoms with E-state index in [2.05, 4.69) is 20.6 Å². The molecule has 2 aromatic carbocycles. The maximum atomic E-state index is 13.1. The van der Waals surface area contributed by atoms with Crippen LogP contribution in [0.5, 0.6) is 0 Å². The summed E-state index contributed by atoms with van der Waals surface area (Å²) < 4.78 is 63.9. The second kappa shape index (κ2) is 11.6. The maximum absolute atomic E-state index is 13.1. The molecule has 4 aromatic rings. The van der Waals surface area contributed by atoms with Gasteiger partial charge in [0.05, 0.1) is 22.4 Å². The average molecular weight is 589 g/mol. The van der Waals surface area contributed by atoms with Crippen LogP contribution in [0, 0.1) is 0 Å². The molecule has 0 unspecified atom stereocenters. The number of aromatic nitrogens is 2. The number of hydrogen-bond acceptors (Lipinski definition) is 7. The summed E-state index contributed by atoms with van der Waals surface area (Å²) in [5.74, 6) is -1.16. The number of benzene rings is 2. The van der Waals surface area contributed by atoms with Gasteiger partial charge in [0.1, 0.15) is 5.69 Å². The summed E-state index contributed by atoms with van der Waals surface area (Å²) in [6.07, 6.45) is -3.46. The Bertz CT molecular complexity index is 1670. The molecule has 4 rings (SSSR count). The lowest BCUT2D eigenvalue weighted by Crippen LogP contribution is -2.33. The molecule has 2 aromatic heterocycles. The van der Waals surface area contributed by atoms with Gasteiger partial charge in [-0.2, -0.15) is 13.2 Å². The molecule has 2 N–H and O–H groups in total. The minimum atomic E-state index is -4.56. The fraction of sp³-hybridized carbons (Fsp3) is 0.185. The van der Waals surface area contributed by atoms with Crippen LogP contribution in [-0.2, 0) is 20.8 Å². The summed E-state index contributed by atoms with van der Waals surface area (Å²) in [4.78, 5) is 32.7. The van der Waals surface area contributed by atoms with Gasteiger partial charge < -0.3 is 10.6 Å². The standard InChI is InChI=1S/C27H23F3N4O4S2/c1-16(2)40(37,38)21-8-4-7-20(12-21)25(36)32-14-24(35)34-26-33-22(15-39-26)19-6-3-5-17(11-19)18-9-10-31-23(13-18)27(28,29)30/h3-13,15-16H,14H2,1-2H3,(H,32,36)(H,33,34,35). The Morgan fingerprint density at radius 3 is 2.40 bits per heavy atom. The number of hydrogen-bond donors (Lipinski definition) is 2. The molecule has 13 heteroatoms. The van der Waals surface area contributed by atoms with Crippen LogP contribution in [-0.4, -0.2) is 42.0 Å². The van der Waals surface area contributed by atoms with Crippen molar-refractivity contribution in [3.8, 4) is 22.4 Å². The Kier molecular flexibility index (Phi) is 8.35. The van der Waals surface area contributed by atoms with E-state index in [1.165, 1.54) is 30.3 Å². The number of alkyl halides is 3. The van der Waals surface area contributed by atoms with Crippen LogP contribution in [0.2, 0.25) is 0 Å². The van der Waals surface area contributed by atoms with E-state index in [4.69, 9.17) is 0 Å². The molecule has 2 heterocycles. The van der Waals surface area contributed by atoms with Crippen molar-refractivity contribution in [2.24, 2.45) is 0 Å². The van der Waals surface area contributed by atoms with Crippen molar-refractivity contribution in [3.05, 3.63) is 83.5 Å². The third kappa shape index (κ3) is 6.72. The van der Waals surface area contributed by atoms with E-state index in [1.54, 1.807) is 43.5 Å². The van der Waals surface area contributed by atoms with Gasteiger partial charge in [0.15, 0.2) is 15.0 Å². The van der Waals surface area contributed by atoms with E-state index >= 15 is 0 Å². The van der Waals surface area contributed by atoms with Gasteiger partial charge in [-0.15, -0.1) is 11.3 Å². The van der Waals surface area contributed by atoms with Crippen molar-refractivity contribution in [2.75, 3.05) is 11.9 Å². The number of sulfone groups is 1. The Labute approximate surface area is 232 Å². The lowest BCUT2D eigenvalue weighted by atomic mass is 10.0. The van der Waals surface area contributed by atoms with Gasteiger partial charge in [0.25, 0.3) is 5.91 Å². The first-order valence-electron chi connectivity index (χ1n) is 11.9. The molecule has 0 aliphatic heterocycles. The summed E-state index contributed by atoms with van der Waals surface area (Å²) in [5.41, 5.74) is 1.12. The lowest BCUT2D eigenvalue weighted by molar-refractivity contribution is -0.141. The zero-order chi connectivity index (χ0) is 29.1. The summed E-state index contributed by atoms with van der Waals surface area (Å²) in [5, 5.41) is 6.32. The van der Waals surface area contributed by atoms with E-state index in [0.717, 1.165) is 23.6 Å². The quantitative estimate of drug-likeness (QED) is 0.283. The first-order valence-corrected chi connectivity index (χ1v) is 14.3. The molecule has 0 spiro atoms. The van der Waals surface area contributed by atoms with Gasteiger partial charge in [-0.3, -0.25) is 14.6 Å². The maximum Gasteiger partial charge on any atom is 0.433 e. The SMILES string of the molecule is CC(C)S(=O)(=O)c1cccc(C(=O)NCC(=O)Nc2nc(-c3cccc(-c4ccnc(C(F)(F)F)c4)c3)cs2)c1. The number of carbonyl (C=O) groups excluding carboxylic acids is 2. The highest BCUT2D eigenvalue weighted by Gasteiger charge is 2.32. The highest BCUT2D eigenvalue weighted by molar-refractivity contribution is 7.92. The van der Waals surface area contributed by atoms with Crippen molar-refractivity contribution in [2.45, 2.75) is 30.2 Å². The summed E-state index contributed by atoms with van der Waals surface area (Å²) in [6.45, 7) is 2.70. The van der Waals surface area contributed by atoms with Crippen molar-refractivity contribution < 1.29 is 31.2 Å². The van der Waals surface area contributed by atoms with Crippen molar-refractivity contribution in [3.63, 3.8) is 0 Å². The van der Waals surface area contributed by atoms with E-state index in [1.807, 2.05) is 0 Å². The molecular formula is C27H23F3N4O4S2. The first-order chi connectivity index (χ1) is 18.8. The summed E-state index contributed by atoms with van der Waals surface area (Å²) >= 11 is 1.14. The van der Waals surface area contributed by atoms with E-state index in [-0.39, 0.29) is 22.1 Å². The Morgan fingerprint density at radius 1 is 0.975 bits per heavy atom. The number of carbonyl (C=O) groups is 2. The fourth-order valence-corrected chi connectivity index (χ4v) is 5.44. The van der Waals surface area contributed by atoms with Crippen molar-refractivity contribution in [1.29, 1.82) is 0 Å². The molecule has 8 nitrogen and oxygen atoms in total. The van der Waals surface area contributed by atoms with Crippen molar-refractivity contribution >= 4 is 38.1 Å². The number of nitrogens with zero attached hydrogens (tertiary/aromatic N) is 2. The highest BCUT2D eigenvalue weighted by atomic mass is 32.2. The monoisotopic (exact) mass is 588 g/mol. The van der Waals surface area contributed by atoms with Crippen LogP contribution in [0.15, 0.2) is 77.1 Å². The Morgan fingerprint density at radius 2 is 1.68 bits per heavy atom. The molecule has 40 heavy (non-hydrogen) atoms. The van der Waals surface area contributed by atoms with Crippen LogP contribution in [0.25, 0.3) is 22.4 Å². The number of halogens is 3. The minimum absolute atomic E-state index is 0.0173. The molecule has 0 aliphatic carbocycles. The van der Waals surface area contributed by atoms with Gasteiger partial charge in [-0.25, -0.2) is 13.4 Å². The normalized spacial score (nSPS) is 11.8. The summed E-state index contributed by atoms with van der Waals surface area (Å²) in [7, 11) is -3.57.